The Labute approximate surface area is 145 Å². The standard InChI is InChI=1S/C18H21N3O4/c1-3-25-18(24)11(2)10-15(16(19)22)21-17(23)14-9-8-12-6-4-5-7-13(12)20-14/h4-9,11,15H,3,10H2,1-2H3,(H2,19,22)(H,21,23)/t11-,15+/m1/s1. The van der Waals surface area contributed by atoms with Crippen LogP contribution in [0.3, 0.4) is 0 Å². The molecule has 2 aromatic rings. The number of esters is 1. The van der Waals surface area contributed by atoms with Gasteiger partial charge in [-0.1, -0.05) is 31.2 Å². The third kappa shape index (κ3) is 4.76. The lowest BCUT2D eigenvalue weighted by atomic mass is 10.0. The summed E-state index contributed by atoms with van der Waals surface area (Å²) in [4.78, 5) is 40.0. The summed E-state index contributed by atoms with van der Waals surface area (Å²) in [6.07, 6.45) is 0.0630. The van der Waals surface area contributed by atoms with Crippen LogP contribution >= 0.6 is 0 Å². The molecule has 2 rings (SSSR count). The van der Waals surface area contributed by atoms with E-state index in [4.69, 9.17) is 10.5 Å². The van der Waals surface area contributed by atoms with Crippen LogP contribution in [0.25, 0.3) is 10.9 Å². The van der Waals surface area contributed by atoms with Gasteiger partial charge in [0.1, 0.15) is 11.7 Å². The molecule has 7 heteroatoms. The molecule has 7 nitrogen and oxygen atoms in total. The summed E-state index contributed by atoms with van der Waals surface area (Å²) in [5, 5.41) is 3.45. The van der Waals surface area contributed by atoms with E-state index in [1.807, 2.05) is 18.2 Å². The normalized spacial score (nSPS) is 13.0. The zero-order valence-corrected chi connectivity index (χ0v) is 14.2. The van der Waals surface area contributed by atoms with Crippen LogP contribution < -0.4 is 11.1 Å². The molecule has 132 valence electrons. The number of fused-ring (bicyclic) bond motifs is 1. The van der Waals surface area contributed by atoms with Crippen molar-refractivity contribution in [1.82, 2.24) is 10.3 Å². The molecule has 0 spiro atoms. The van der Waals surface area contributed by atoms with E-state index in [0.29, 0.717) is 5.52 Å². The Hall–Kier alpha value is -2.96. The minimum atomic E-state index is -0.986. The zero-order chi connectivity index (χ0) is 18.4. The number of hydrogen-bond donors (Lipinski definition) is 2. The third-order valence-corrected chi connectivity index (χ3v) is 3.76. The molecule has 0 saturated carbocycles. The topological polar surface area (TPSA) is 111 Å². The minimum absolute atomic E-state index is 0.0630. The molecule has 0 aliphatic rings. The molecule has 0 aliphatic heterocycles. The predicted molar refractivity (Wildman–Crippen MR) is 92.6 cm³/mol. The molecule has 1 aromatic heterocycles. The number of primary amides is 1. The van der Waals surface area contributed by atoms with Crippen LogP contribution in [-0.4, -0.2) is 35.4 Å². The Morgan fingerprint density at radius 1 is 1.20 bits per heavy atom. The van der Waals surface area contributed by atoms with Gasteiger partial charge in [-0.05, 0) is 25.5 Å². The summed E-state index contributed by atoms with van der Waals surface area (Å²) in [6, 6.07) is 9.74. The van der Waals surface area contributed by atoms with Crippen LogP contribution in [-0.2, 0) is 14.3 Å². The van der Waals surface area contributed by atoms with Crippen LogP contribution in [0.1, 0.15) is 30.8 Å². The Morgan fingerprint density at radius 3 is 2.60 bits per heavy atom. The monoisotopic (exact) mass is 343 g/mol. The number of carbonyl (C=O) groups excluding carboxylic acids is 3. The van der Waals surface area contributed by atoms with Gasteiger partial charge >= 0.3 is 5.97 Å². The first-order valence-electron chi connectivity index (χ1n) is 8.05. The highest BCUT2D eigenvalue weighted by Crippen LogP contribution is 2.13. The first-order chi connectivity index (χ1) is 11.9. The summed E-state index contributed by atoms with van der Waals surface area (Å²) < 4.78 is 4.91. The number of para-hydroxylation sites is 1. The number of rotatable bonds is 7. The van der Waals surface area contributed by atoms with Crippen molar-refractivity contribution in [2.45, 2.75) is 26.3 Å². The average molecular weight is 343 g/mol. The predicted octanol–water partition coefficient (Wildman–Crippen LogP) is 1.41. The van der Waals surface area contributed by atoms with Crippen LogP contribution in [0.4, 0.5) is 0 Å². The molecule has 0 bridgehead atoms. The number of hydrogen-bond acceptors (Lipinski definition) is 5. The van der Waals surface area contributed by atoms with Crippen molar-refractivity contribution in [3.8, 4) is 0 Å². The fourth-order valence-corrected chi connectivity index (χ4v) is 2.41. The second-order valence-electron chi connectivity index (χ2n) is 5.71. The van der Waals surface area contributed by atoms with Gasteiger partial charge in [0.05, 0.1) is 18.0 Å². The Bertz CT molecular complexity index is 791. The second kappa shape index (κ2) is 8.23. The largest absolute Gasteiger partial charge is 0.466 e. The first-order valence-corrected chi connectivity index (χ1v) is 8.05. The summed E-state index contributed by atoms with van der Waals surface area (Å²) in [6.45, 7) is 3.56. The molecule has 3 N–H and O–H groups in total. The molecule has 0 radical (unpaired) electrons. The van der Waals surface area contributed by atoms with Gasteiger partial charge in [-0.25, -0.2) is 4.98 Å². The number of benzene rings is 1. The quantitative estimate of drug-likeness (QED) is 0.738. The number of nitrogens with one attached hydrogen (secondary N) is 1. The number of carbonyl (C=O) groups is 3. The van der Waals surface area contributed by atoms with Gasteiger partial charge in [-0.2, -0.15) is 0 Å². The molecular formula is C18H21N3O4. The molecule has 25 heavy (non-hydrogen) atoms. The van der Waals surface area contributed by atoms with E-state index in [1.54, 1.807) is 32.0 Å². The molecule has 0 fully saturated rings. The van der Waals surface area contributed by atoms with E-state index in [-0.39, 0.29) is 18.7 Å². The number of pyridine rings is 1. The van der Waals surface area contributed by atoms with E-state index in [0.717, 1.165) is 5.39 Å². The lowest BCUT2D eigenvalue weighted by Crippen LogP contribution is -2.46. The van der Waals surface area contributed by atoms with E-state index in [2.05, 4.69) is 10.3 Å². The third-order valence-electron chi connectivity index (χ3n) is 3.76. The van der Waals surface area contributed by atoms with Crippen molar-refractivity contribution in [2.75, 3.05) is 6.61 Å². The Balaban J connectivity index is 2.10. The smallest absolute Gasteiger partial charge is 0.308 e. The molecule has 0 unspecified atom stereocenters. The summed E-state index contributed by atoms with van der Waals surface area (Å²) in [5.74, 6) is -2.25. The van der Waals surface area contributed by atoms with Crippen LogP contribution in [0.15, 0.2) is 36.4 Å². The Kier molecular flexibility index (Phi) is 6.05. The van der Waals surface area contributed by atoms with Gasteiger partial charge in [0.25, 0.3) is 5.91 Å². The molecule has 2 amide bonds. The number of aromatic nitrogens is 1. The maximum atomic E-state index is 12.4. The van der Waals surface area contributed by atoms with Crippen molar-refractivity contribution >= 4 is 28.7 Å². The van der Waals surface area contributed by atoms with E-state index >= 15 is 0 Å². The van der Waals surface area contributed by atoms with E-state index < -0.39 is 29.7 Å². The molecule has 2 atom stereocenters. The average Bonchev–Trinajstić information content (AvgIpc) is 2.60. The Morgan fingerprint density at radius 2 is 1.92 bits per heavy atom. The van der Waals surface area contributed by atoms with E-state index in [1.165, 1.54) is 0 Å². The molecule has 1 aromatic carbocycles. The lowest BCUT2D eigenvalue weighted by Gasteiger charge is -2.18. The minimum Gasteiger partial charge on any atom is -0.466 e. The number of nitrogens with two attached hydrogens (primary N) is 1. The summed E-state index contributed by atoms with van der Waals surface area (Å²) in [5.41, 5.74) is 6.20. The maximum absolute atomic E-state index is 12.4. The highest BCUT2D eigenvalue weighted by Gasteiger charge is 2.26. The van der Waals surface area contributed by atoms with Crippen molar-refractivity contribution in [3.05, 3.63) is 42.1 Å². The molecule has 0 aliphatic carbocycles. The van der Waals surface area contributed by atoms with E-state index in [9.17, 15) is 14.4 Å². The van der Waals surface area contributed by atoms with Gasteiger partial charge in [-0.15, -0.1) is 0 Å². The fraction of sp³-hybridized carbons (Fsp3) is 0.333. The van der Waals surface area contributed by atoms with Crippen molar-refractivity contribution in [2.24, 2.45) is 11.7 Å². The van der Waals surface area contributed by atoms with Gasteiger partial charge in [0.15, 0.2) is 0 Å². The lowest BCUT2D eigenvalue weighted by molar-refractivity contribution is -0.147. The fourth-order valence-electron chi connectivity index (χ4n) is 2.41. The molecule has 0 saturated heterocycles. The summed E-state index contributed by atoms with van der Waals surface area (Å²) in [7, 11) is 0. The van der Waals surface area contributed by atoms with Gasteiger partial charge in [-0.3, -0.25) is 14.4 Å². The van der Waals surface area contributed by atoms with Crippen molar-refractivity contribution < 1.29 is 19.1 Å². The highest BCUT2D eigenvalue weighted by atomic mass is 16.5. The number of nitrogens with zero attached hydrogens (tertiary/aromatic N) is 1. The van der Waals surface area contributed by atoms with Crippen molar-refractivity contribution in [1.29, 1.82) is 0 Å². The van der Waals surface area contributed by atoms with Crippen LogP contribution in [0, 0.1) is 5.92 Å². The zero-order valence-electron chi connectivity index (χ0n) is 14.2. The molecule has 1 heterocycles. The first kappa shape index (κ1) is 18.4. The van der Waals surface area contributed by atoms with Crippen LogP contribution in [0.2, 0.25) is 0 Å². The SMILES string of the molecule is CCOC(=O)[C@H](C)C[C@H](NC(=O)c1ccc2ccccc2n1)C(N)=O. The molecular weight excluding hydrogens is 322 g/mol. The van der Waals surface area contributed by atoms with Crippen molar-refractivity contribution in [3.63, 3.8) is 0 Å². The highest BCUT2D eigenvalue weighted by molar-refractivity contribution is 5.97. The number of ether oxygens (including phenoxy) is 1. The summed E-state index contributed by atoms with van der Waals surface area (Å²) >= 11 is 0. The second-order valence-corrected chi connectivity index (χ2v) is 5.71. The van der Waals surface area contributed by atoms with Gasteiger partial charge in [0, 0.05) is 5.39 Å². The van der Waals surface area contributed by atoms with Gasteiger partial charge in [0.2, 0.25) is 5.91 Å². The van der Waals surface area contributed by atoms with Gasteiger partial charge < -0.3 is 15.8 Å². The maximum Gasteiger partial charge on any atom is 0.308 e. The van der Waals surface area contributed by atoms with Crippen LogP contribution in [0.5, 0.6) is 0 Å². The number of amides is 2.